The van der Waals surface area contributed by atoms with Gasteiger partial charge in [-0.2, -0.15) is 10.1 Å². The van der Waals surface area contributed by atoms with Gasteiger partial charge in [-0.3, -0.25) is 4.68 Å². The molecule has 0 aliphatic rings. The van der Waals surface area contributed by atoms with Gasteiger partial charge in [0, 0.05) is 24.2 Å². The highest BCUT2D eigenvalue weighted by Crippen LogP contribution is 2.35. The number of nitrogens with two attached hydrogens (primary N) is 1. The van der Waals surface area contributed by atoms with Gasteiger partial charge in [-0.05, 0) is 43.5 Å². The number of nitrogens with one attached hydrogen (secondary N) is 1. The first-order chi connectivity index (χ1) is 10.9. The number of thiophene rings is 1. The summed E-state index contributed by atoms with van der Waals surface area (Å²) in [6, 6.07) is 2.07. The Balaban J connectivity index is 1.95. The van der Waals surface area contributed by atoms with Crippen LogP contribution < -0.4 is 11.1 Å². The van der Waals surface area contributed by atoms with Crippen molar-refractivity contribution in [1.82, 2.24) is 19.7 Å². The maximum Gasteiger partial charge on any atom is 0.224 e. The van der Waals surface area contributed by atoms with E-state index in [0.29, 0.717) is 6.54 Å². The van der Waals surface area contributed by atoms with Crippen LogP contribution in [0.4, 0.5) is 5.82 Å². The fraction of sp³-hybridized carbons (Fsp3) is 0.400. The first kappa shape index (κ1) is 16.2. The van der Waals surface area contributed by atoms with Gasteiger partial charge in [0.05, 0.1) is 22.5 Å². The molecule has 0 spiro atoms. The molecule has 6 nitrogen and oxygen atoms in total. The largest absolute Gasteiger partial charge is 0.363 e. The van der Waals surface area contributed by atoms with E-state index < -0.39 is 0 Å². The molecule has 3 N–H and O–H groups in total. The molecule has 0 radical (unpaired) electrons. The van der Waals surface area contributed by atoms with Crippen LogP contribution >= 0.6 is 22.9 Å². The highest BCUT2D eigenvalue weighted by molar-refractivity contribution is 7.19. The van der Waals surface area contributed by atoms with E-state index in [1.54, 1.807) is 16.0 Å². The van der Waals surface area contributed by atoms with Crippen molar-refractivity contribution >= 4 is 39.0 Å². The zero-order valence-corrected chi connectivity index (χ0v) is 14.9. The second-order valence-electron chi connectivity index (χ2n) is 5.68. The summed E-state index contributed by atoms with van der Waals surface area (Å²) in [6.45, 7) is 4.65. The number of nitrogens with zero attached hydrogens (tertiary/aromatic N) is 4. The molecule has 3 rings (SSSR count). The number of halogens is 1. The quantitative estimate of drug-likeness (QED) is 0.691. The molecule has 3 heterocycles. The number of aryl methyl sites for hydroxylation is 2. The average molecular weight is 351 g/mol. The highest BCUT2D eigenvalue weighted by atomic mass is 35.5. The van der Waals surface area contributed by atoms with Crippen LogP contribution in [0.25, 0.3) is 10.2 Å². The predicted molar refractivity (Wildman–Crippen MR) is 95.1 cm³/mol. The standard InChI is InChI=1S/C15H19ClN6S/c1-8(17)6-11-9(2)12-13(23-11)14(20-15(16)19-12)18-7-10-4-5-22(3)21-10/h4-5,8H,6-7,17H2,1-3H3,(H,18,19,20)/t8-/m0/s1. The molecule has 0 aliphatic carbocycles. The molecule has 0 saturated heterocycles. The van der Waals surface area contributed by atoms with Gasteiger partial charge in [-0.15, -0.1) is 11.3 Å². The summed E-state index contributed by atoms with van der Waals surface area (Å²) in [5.41, 5.74) is 8.91. The number of aromatic nitrogens is 4. The predicted octanol–water partition coefficient (Wildman–Crippen LogP) is 2.89. The van der Waals surface area contributed by atoms with Crippen molar-refractivity contribution in [2.75, 3.05) is 5.32 Å². The summed E-state index contributed by atoms with van der Waals surface area (Å²) in [5.74, 6) is 0.745. The third kappa shape index (κ3) is 3.46. The van der Waals surface area contributed by atoms with Gasteiger partial charge in [0.25, 0.3) is 0 Å². The smallest absolute Gasteiger partial charge is 0.224 e. The third-order valence-electron chi connectivity index (χ3n) is 3.55. The molecule has 122 valence electrons. The molecule has 23 heavy (non-hydrogen) atoms. The summed E-state index contributed by atoms with van der Waals surface area (Å²) in [4.78, 5) is 9.96. The van der Waals surface area contributed by atoms with E-state index >= 15 is 0 Å². The fourth-order valence-corrected chi connectivity index (χ4v) is 3.97. The van der Waals surface area contributed by atoms with E-state index in [1.807, 2.05) is 26.2 Å². The molecule has 3 aromatic rings. The Kier molecular flexibility index (Phi) is 4.52. The van der Waals surface area contributed by atoms with E-state index in [0.717, 1.165) is 33.7 Å². The Hall–Kier alpha value is -1.70. The summed E-state index contributed by atoms with van der Waals surface area (Å²) >= 11 is 7.77. The molecular formula is C15H19ClN6S. The van der Waals surface area contributed by atoms with Crippen LogP contribution in [0.15, 0.2) is 12.3 Å². The van der Waals surface area contributed by atoms with Crippen molar-refractivity contribution in [1.29, 1.82) is 0 Å². The number of hydrogen-bond donors (Lipinski definition) is 2. The van der Waals surface area contributed by atoms with Crippen molar-refractivity contribution in [3.05, 3.63) is 33.7 Å². The second kappa shape index (κ2) is 6.43. The van der Waals surface area contributed by atoms with Crippen LogP contribution in [0.1, 0.15) is 23.1 Å². The van der Waals surface area contributed by atoms with Crippen LogP contribution in [0.2, 0.25) is 5.28 Å². The van der Waals surface area contributed by atoms with Crippen LogP contribution in [-0.4, -0.2) is 25.8 Å². The third-order valence-corrected chi connectivity index (χ3v) is 5.03. The van der Waals surface area contributed by atoms with Gasteiger partial charge in [0.15, 0.2) is 0 Å². The minimum absolute atomic E-state index is 0.107. The maximum atomic E-state index is 6.09. The Morgan fingerprint density at radius 1 is 1.43 bits per heavy atom. The lowest BCUT2D eigenvalue weighted by molar-refractivity contribution is 0.744. The zero-order chi connectivity index (χ0) is 16.6. The van der Waals surface area contributed by atoms with Gasteiger partial charge < -0.3 is 11.1 Å². The Morgan fingerprint density at radius 3 is 2.87 bits per heavy atom. The van der Waals surface area contributed by atoms with Gasteiger partial charge in [-0.1, -0.05) is 0 Å². The van der Waals surface area contributed by atoms with E-state index in [2.05, 4.69) is 27.3 Å². The molecule has 8 heteroatoms. The summed E-state index contributed by atoms with van der Waals surface area (Å²) in [7, 11) is 1.89. The molecule has 0 saturated carbocycles. The Bertz CT molecular complexity index is 838. The Labute approximate surface area is 143 Å². The van der Waals surface area contributed by atoms with E-state index in [9.17, 15) is 0 Å². The van der Waals surface area contributed by atoms with Gasteiger partial charge in [-0.25, -0.2) is 4.98 Å². The van der Waals surface area contributed by atoms with Gasteiger partial charge in [0.1, 0.15) is 5.82 Å². The lowest BCUT2D eigenvalue weighted by atomic mass is 10.1. The summed E-state index contributed by atoms with van der Waals surface area (Å²) in [5, 5.41) is 7.92. The SMILES string of the molecule is Cc1c(C[C@H](C)N)sc2c(NCc3ccn(C)n3)nc(Cl)nc12. The van der Waals surface area contributed by atoms with Crippen LogP contribution in [0.3, 0.4) is 0 Å². The molecule has 1 atom stereocenters. The fourth-order valence-electron chi connectivity index (χ4n) is 2.44. The molecule has 0 aromatic carbocycles. The molecule has 0 bridgehead atoms. The Morgan fingerprint density at radius 2 is 2.22 bits per heavy atom. The molecule has 0 aliphatic heterocycles. The van der Waals surface area contributed by atoms with E-state index in [1.165, 1.54) is 4.88 Å². The van der Waals surface area contributed by atoms with Crippen LogP contribution in [0.5, 0.6) is 0 Å². The van der Waals surface area contributed by atoms with Crippen molar-refractivity contribution in [3.63, 3.8) is 0 Å². The second-order valence-corrected chi connectivity index (χ2v) is 7.13. The molecule has 3 aromatic heterocycles. The number of rotatable bonds is 5. The van der Waals surface area contributed by atoms with Crippen molar-refractivity contribution in [2.45, 2.75) is 32.9 Å². The first-order valence-corrected chi connectivity index (χ1v) is 8.57. The van der Waals surface area contributed by atoms with Gasteiger partial charge in [0.2, 0.25) is 5.28 Å². The van der Waals surface area contributed by atoms with Crippen LogP contribution in [-0.2, 0) is 20.0 Å². The average Bonchev–Trinajstić information content (AvgIpc) is 3.02. The minimum atomic E-state index is 0.107. The minimum Gasteiger partial charge on any atom is -0.363 e. The maximum absolute atomic E-state index is 6.09. The van der Waals surface area contributed by atoms with Crippen LogP contribution in [0, 0.1) is 6.92 Å². The molecule has 0 unspecified atom stereocenters. The van der Waals surface area contributed by atoms with Crippen molar-refractivity contribution < 1.29 is 0 Å². The lowest BCUT2D eigenvalue weighted by Gasteiger charge is -2.05. The molecular weight excluding hydrogens is 332 g/mol. The van der Waals surface area contributed by atoms with E-state index in [4.69, 9.17) is 17.3 Å². The number of hydrogen-bond acceptors (Lipinski definition) is 6. The highest BCUT2D eigenvalue weighted by Gasteiger charge is 2.16. The number of anilines is 1. The first-order valence-electron chi connectivity index (χ1n) is 7.37. The molecule has 0 fully saturated rings. The van der Waals surface area contributed by atoms with E-state index in [-0.39, 0.29) is 11.3 Å². The monoisotopic (exact) mass is 350 g/mol. The number of fused-ring (bicyclic) bond motifs is 1. The summed E-state index contributed by atoms with van der Waals surface area (Å²) in [6.07, 6.45) is 2.74. The normalized spacial score (nSPS) is 12.7. The zero-order valence-electron chi connectivity index (χ0n) is 13.3. The molecule has 0 amide bonds. The topological polar surface area (TPSA) is 81.6 Å². The van der Waals surface area contributed by atoms with Crippen molar-refractivity contribution in [3.8, 4) is 0 Å². The summed E-state index contributed by atoms with van der Waals surface area (Å²) < 4.78 is 2.79. The lowest BCUT2D eigenvalue weighted by Crippen LogP contribution is -2.17. The van der Waals surface area contributed by atoms with Gasteiger partial charge >= 0.3 is 0 Å². The van der Waals surface area contributed by atoms with Crippen molar-refractivity contribution in [2.24, 2.45) is 12.8 Å².